The molecule has 2 unspecified atom stereocenters. The summed E-state index contributed by atoms with van der Waals surface area (Å²) in [5, 5.41) is 5.30. The van der Waals surface area contributed by atoms with E-state index in [4.69, 9.17) is 17.3 Å². The van der Waals surface area contributed by atoms with Crippen LogP contribution in [0.1, 0.15) is 29.9 Å². The number of nitrogens with zero attached hydrogens (tertiary/aromatic N) is 2. The summed E-state index contributed by atoms with van der Waals surface area (Å²) in [5.74, 6) is 0. The first-order valence-electron chi connectivity index (χ1n) is 6.14. The van der Waals surface area contributed by atoms with E-state index in [2.05, 4.69) is 21.0 Å². The number of nitrogens with two attached hydrogens (primary N) is 1. The molecule has 0 aliphatic heterocycles. The van der Waals surface area contributed by atoms with Crippen molar-refractivity contribution in [3.8, 4) is 0 Å². The van der Waals surface area contributed by atoms with Crippen molar-refractivity contribution in [3.05, 3.63) is 50.7 Å². The van der Waals surface area contributed by atoms with Crippen molar-refractivity contribution in [1.29, 1.82) is 0 Å². The normalized spacial score (nSPS) is 14.4. The highest BCUT2D eigenvalue weighted by atomic mass is 79.9. The van der Waals surface area contributed by atoms with Crippen molar-refractivity contribution >= 4 is 27.5 Å². The van der Waals surface area contributed by atoms with E-state index >= 15 is 0 Å². The summed E-state index contributed by atoms with van der Waals surface area (Å²) in [6, 6.07) is 7.61. The summed E-state index contributed by atoms with van der Waals surface area (Å²) in [6.07, 6.45) is 0. The van der Waals surface area contributed by atoms with Crippen LogP contribution in [0.2, 0.25) is 5.02 Å². The van der Waals surface area contributed by atoms with Crippen molar-refractivity contribution in [2.24, 2.45) is 5.73 Å². The number of halogens is 2. The van der Waals surface area contributed by atoms with Crippen LogP contribution in [0.25, 0.3) is 0 Å². The van der Waals surface area contributed by atoms with Gasteiger partial charge < -0.3 is 5.73 Å². The van der Waals surface area contributed by atoms with Crippen molar-refractivity contribution in [2.75, 3.05) is 0 Å². The monoisotopic (exact) mass is 341 g/mol. The number of aryl methyl sites for hydroxylation is 1. The van der Waals surface area contributed by atoms with Gasteiger partial charge in [-0.2, -0.15) is 5.10 Å². The molecule has 1 heterocycles. The zero-order valence-corrected chi connectivity index (χ0v) is 13.5. The Morgan fingerprint density at radius 3 is 2.42 bits per heavy atom. The van der Waals surface area contributed by atoms with Crippen LogP contribution in [0.4, 0.5) is 0 Å². The lowest BCUT2D eigenvalue weighted by atomic mass is 10.0. The predicted molar refractivity (Wildman–Crippen MR) is 82.6 cm³/mol. The average Bonchev–Trinajstić information content (AvgIpc) is 2.60. The van der Waals surface area contributed by atoms with Gasteiger partial charge in [-0.15, -0.1) is 0 Å². The summed E-state index contributed by atoms with van der Waals surface area (Å²) in [6.45, 7) is 5.97. The van der Waals surface area contributed by atoms with Crippen LogP contribution in [0.5, 0.6) is 0 Å². The molecule has 2 atom stereocenters. The second-order valence-electron chi connectivity index (χ2n) is 4.75. The highest BCUT2D eigenvalue weighted by molar-refractivity contribution is 9.10. The summed E-state index contributed by atoms with van der Waals surface area (Å²) < 4.78 is 2.97. The molecular formula is C14H17BrClN3. The van der Waals surface area contributed by atoms with Gasteiger partial charge in [0, 0.05) is 11.1 Å². The van der Waals surface area contributed by atoms with Gasteiger partial charge in [0.1, 0.15) is 0 Å². The molecule has 0 aliphatic carbocycles. The fourth-order valence-corrected chi connectivity index (χ4v) is 2.77. The van der Waals surface area contributed by atoms with Gasteiger partial charge in [-0.3, -0.25) is 4.68 Å². The van der Waals surface area contributed by atoms with Gasteiger partial charge in [-0.1, -0.05) is 29.8 Å². The Bertz CT molecular complexity index is 592. The molecule has 5 heteroatoms. The highest BCUT2D eigenvalue weighted by Gasteiger charge is 2.24. The van der Waals surface area contributed by atoms with Gasteiger partial charge in [0.15, 0.2) is 0 Å². The summed E-state index contributed by atoms with van der Waals surface area (Å²) in [7, 11) is 0. The molecule has 0 bridgehead atoms. The third-order valence-electron chi connectivity index (χ3n) is 3.22. The zero-order valence-electron chi connectivity index (χ0n) is 11.2. The van der Waals surface area contributed by atoms with E-state index in [9.17, 15) is 0 Å². The van der Waals surface area contributed by atoms with E-state index in [0.717, 1.165) is 21.4 Å². The van der Waals surface area contributed by atoms with Crippen LogP contribution in [0.15, 0.2) is 28.7 Å². The van der Waals surface area contributed by atoms with Crippen LogP contribution < -0.4 is 5.73 Å². The number of rotatable bonds is 3. The molecule has 1 aromatic carbocycles. The van der Waals surface area contributed by atoms with Gasteiger partial charge >= 0.3 is 0 Å². The van der Waals surface area contributed by atoms with Crippen LogP contribution >= 0.6 is 27.5 Å². The molecule has 1 aromatic heterocycles. The minimum absolute atomic E-state index is 0.0706. The number of hydrogen-bond acceptors (Lipinski definition) is 2. The lowest BCUT2D eigenvalue weighted by Crippen LogP contribution is -2.31. The van der Waals surface area contributed by atoms with Crippen molar-refractivity contribution < 1.29 is 0 Å². The van der Waals surface area contributed by atoms with Crippen molar-refractivity contribution in [2.45, 2.75) is 32.9 Å². The molecule has 3 nitrogen and oxygen atoms in total. The van der Waals surface area contributed by atoms with Gasteiger partial charge in [0.05, 0.1) is 21.9 Å². The molecule has 0 amide bonds. The molecular weight excluding hydrogens is 326 g/mol. The molecule has 0 saturated heterocycles. The van der Waals surface area contributed by atoms with E-state index in [1.165, 1.54) is 0 Å². The van der Waals surface area contributed by atoms with Crippen LogP contribution in [-0.2, 0) is 0 Å². The Morgan fingerprint density at radius 2 is 1.95 bits per heavy atom. The Balaban J connectivity index is 2.59. The van der Waals surface area contributed by atoms with Crippen LogP contribution in [-0.4, -0.2) is 15.8 Å². The smallest absolute Gasteiger partial charge is 0.0934 e. The summed E-state index contributed by atoms with van der Waals surface area (Å²) in [5.41, 5.74) is 9.17. The lowest BCUT2D eigenvalue weighted by molar-refractivity contribution is 0.443. The quantitative estimate of drug-likeness (QED) is 0.920. The molecule has 2 N–H and O–H groups in total. The third-order valence-corrected chi connectivity index (χ3v) is 4.71. The van der Waals surface area contributed by atoms with E-state index in [-0.39, 0.29) is 12.1 Å². The van der Waals surface area contributed by atoms with E-state index in [0.29, 0.717) is 5.02 Å². The Hall–Kier alpha value is -0.840. The maximum absolute atomic E-state index is 6.30. The van der Waals surface area contributed by atoms with E-state index < -0.39 is 0 Å². The fraction of sp³-hybridized carbons (Fsp3) is 0.357. The molecule has 0 saturated carbocycles. The molecule has 102 valence electrons. The van der Waals surface area contributed by atoms with Gasteiger partial charge in [-0.05, 0) is 48.3 Å². The lowest BCUT2D eigenvalue weighted by Gasteiger charge is -2.24. The second-order valence-corrected chi connectivity index (χ2v) is 5.96. The maximum Gasteiger partial charge on any atom is 0.0934 e. The SMILES string of the molecule is Cc1nn(C(c2ccccc2Cl)C(C)N)c(C)c1Br. The molecule has 0 radical (unpaired) electrons. The molecule has 19 heavy (non-hydrogen) atoms. The number of aromatic nitrogens is 2. The number of hydrogen-bond donors (Lipinski definition) is 1. The Morgan fingerprint density at radius 1 is 1.32 bits per heavy atom. The van der Waals surface area contributed by atoms with Crippen LogP contribution in [0, 0.1) is 13.8 Å². The third kappa shape index (κ3) is 2.71. The molecule has 0 fully saturated rings. The predicted octanol–water partition coefficient (Wildman–Crippen LogP) is 3.85. The highest BCUT2D eigenvalue weighted by Crippen LogP contribution is 2.31. The average molecular weight is 343 g/mol. The van der Waals surface area contributed by atoms with Crippen molar-refractivity contribution in [1.82, 2.24) is 9.78 Å². The first-order valence-corrected chi connectivity index (χ1v) is 7.31. The van der Waals surface area contributed by atoms with E-state index in [1.54, 1.807) is 0 Å². The number of benzene rings is 1. The summed E-state index contributed by atoms with van der Waals surface area (Å²) in [4.78, 5) is 0. The van der Waals surface area contributed by atoms with Gasteiger partial charge in [-0.25, -0.2) is 0 Å². The Kier molecular flexibility index (Phi) is 4.33. The summed E-state index contributed by atoms with van der Waals surface area (Å²) >= 11 is 9.85. The van der Waals surface area contributed by atoms with E-state index in [1.807, 2.05) is 49.7 Å². The molecule has 2 rings (SSSR count). The van der Waals surface area contributed by atoms with Gasteiger partial charge in [0.2, 0.25) is 0 Å². The molecule has 2 aromatic rings. The van der Waals surface area contributed by atoms with Crippen LogP contribution in [0.3, 0.4) is 0 Å². The molecule has 0 spiro atoms. The topological polar surface area (TPSA) is 43.8 Å². The first-order chi connectivity index (χ1) is 8.93. The second kappa shape index (κ2) is 5.65. The Labute approximate surface area is 126 Å². The standard InChI is InChI=1S/C14H17BrClN3/c1-8(17)14(11-6-4-5-7-12(11)16)19-10(3)13(15)9(2)18-19/h4-8,14H,17H2,1-3H3. The first kappa shape index (κ1) is 14.6. The maximum atomic E-state index is 6.30. The minimum atomic E-state index is -0.0928. The van der Waals surface area contributed by atoms with Gasteiger partial charge in [0.25, 0.3) is 0 Å². The zero-order chi connectivity index (χ0) is 14.2. The van der Waals surface area contributed by atoms with Crippen molar-refractivity contribution in [3.63, 3.8) is 0 Å². The molecule has 0 aliphatic rings. The fourth-order valence-electron chi connectivity index (χ4n) is 2.27. The minimum Gasteiger partial charge on any atom is -0.326 e. The largest absolute Gasteiger partial charge is 0.326 e.